The lowest BCUT2D eigenvalue weighted by atomic mass is 10.1. The van der Waals surface area contributed by atoms with Gasteiger partial charge in [0.25, 0.3) is 0 Å². The van der Waals surface area contributed by atoms with E-state index < -0.39 is 0 Å². The fourth-order valence-electron chi connectivity index (χ4n) is 1.41. The van der Waals surface area contributed by atoms with Crippen LogP contribution in [0.2, 0.25) is 0 Å². The molecule has 1 aromatic rings. The number of nitrogens with two attached hydrogens (primary N) is 1. The Bertz CT molecular complexity index is 313. The summed E-state index contributed by atoms with van der Waals surface area (Å²) in [5.74, 6) is 0.296. The van der Waals surface area contributed by atoms with Crippen LogP contribution in [0.15, 0.2) is 18.2 Å². The molecule has 2 atom stereocenters. The second-order valence-corrected chi connectivity index (χ2v) is 3.03. The number of benzene rings is 1. The van der Waals surface area contributed by atoms with E-state index in [9.17, 15) is 4.39 Å². The number of halogens is 1. The molecule has 2 rings (SSSR count). The SMILES string of the molecule is CC1Oc2cc(F)ccc2C1N. The quantitative estimate of drug-likeness (QED) is 0.637. The van der Waals surface area contributed by atoms with Crippen molar-refractivity contribution >= 4 is 0 Å². The standard InChI is InChI=1S/C9H10FNO/c1-5-9(11)7-3-2-6(10)4-8(7)12-5/h2-5,9H,11H2,1H3. The molecule has 1 aromatic carbocycles. The zero-order chi connectivity index (χ0) is 8.72. The van der Waals surface area contributed by atoms with Gasteiger partial charge < -0.3 is 10.5 Å². The Hall–Kier alpha value is -1.09. The second-order valence-electron chi connectivity index (χ2n) is 3.03. The van der Waals surface area contributed by atoms with Crippen LogP contribution in [0.5, 0.6) is 5.75 Å². The van der Waals surface area contributed by atoms with Crippen molar-refractivity contribution in [2.45, 2.75) is 19.1 Å². The van der Waals surface area contributed by atoms with Crippen LogP contribution in [0.1, 0.15) is 18.5 Å². The lowest BCUT2D eigenvalue weighted by Gasteiger charge is -2.07. The minimum absolute atomic E-state index is 0.0539. The van der Waals surface area contributed by atoms with Crippen molar-refractivity contribution in [3.63, 3.8) is 0 Å². The molecule has 0 bridgehead atoms. The molecule has 2 nitrogen and oxygen atoms in total. The van der Waals surface area contributed by atoms with E-state index >= 15 is 0 Å². The second kappa shape index (κ2) is 2.45. The fourth-order valence-corrected chi connectivity index (χ4v) is 1.41. The van der Waals surface area contributed by atoms with Gasteiger partial charge in [-0.15, -0.1) is 0 Å². The van der Waals surface area contributed by atoms with Gasteiger partial charge in [-0.1, -0.05) is 6.07 Å². The van der Waals surface area contributed by atoms with Crippen molar-refractivity contribution in [3.8, 4) is 5.75 Å². The van der Waals surface area contributed by atoms with E-state index in [1.165, 1.54) is 12.1 Å². The molecule has 1 aliphatic rings. The van der Waals surface area contributed by atoms with Crippen molar-refractivity contribution in [1.82, 2.24) is 0 Å². The van der Waals surface area contributed by atoms with E-state index in [-0.39, 0.29) is 18.0 Å². The molecule has 0 saturated carbocycles. The van der Waals surface area contributed by atoms with Crippen LogP contribution >= 0.6 is 0 Å². The molecule has 2 N–H and O–H groups in total. The highest BCUT2D eigenvalue weighted by Crippen LogP contribution is 2.34. The fraction of sp³-hybridized carbons (Fsp3) is 0.333. The molecule has 2 unspecified atom stereocenters. The zero-order valence-corrected chi connectivity index (χ0v) is 6.75. The van der Waals surface area contributed by atoms with E-state index in [2.05, 4.69) is 0 Å². The van der Waals surface area contributed by atoms with Crippen molar-refractivity contribution < 1.29 is 9.13 Å². The van der Waals surface area contributed by atoms with Gasteiger partial charge in [0, 0.05) is 11.6 Å². The maximum Gasteiger partial charge on any atom is 0.127 e. The highest BCUT2D eigenvalue weighted by molar-refractivity contribution is 5.40. The summed E-state index contributed by atoms with van der Waals surface area (Å²) in [5.41, 5.74) is 6.68. The Morgan fingerprint density at radius 1 is 1.50 bits per heavy atom. The minimum Gasteiger partial charge on any atom is -0.488 e. The van der Waals surface area contributed by atoms with Crippen LogP contribution < -0.4 is 10.5 Å². The van der Waals surface area contributed by atoms with E-state index in [1.54, 1.807) is 6.07 Å². The van der Waals surface area contributed by atoms with Crippen molar-refractivity contribution in [2.24, 2.45) is 5.73 Å². The van der Waals surface area contributed by atoms with Gasteiger partial charge in [0.05, 0.1) is 6.04 Å². The highest BCUT2D eigenvalue weighted by atomic mass is 19.1. The van der Waals surface area contributed by atoms with Crippen LogP contribution in [0, 0.1) is 5.82 Å². The first-order valence-electron chi connectivity index (χ1n) is 3.90. The molecule has 12 heavy (non-hydrogen) atoms. The molecule has 0 saturated heterocycles. The lowest BCUT2D eigenvalue weighted by molar-refractivity contribution is 0.228. The normalized spacial score (nSPS) is 26.6. The van der Waals surface area contributed by atoms with E-state index in [4.69, 9.17) is 10.5 Å². The van der Waals surface area contributed by atoms with Gasteiger partial charge in [-0.3, -0.25) is 0 Å². The van der Waals surface area contributed by atoms with Crippen molar-refractivity contribution in [2.75, 3.05) is 0 Å². The molecule has 1 heterocycles. The third-order valence-corrected chi connectivity index (χ3v) is 2.15. The molecule has 64 valence electrons. The Kier molecular flexibility index (Phi) is 1.54. The third kappa shape index (κ3) is 0.975. The predicted molar refractivity (Wildman–Crippen MR) is 43.4 cm³/mol. The average molecular weight is 167 g/mol. The van der Waals surface area contributed by atoms with Gasteiger partial charge in [-0.25, -0.2) is 4.39 Å². The average Bonchev–Trinajstić information content (AvgIpc) is 2.28. The summed E-state index contributed by atoms with van der Waals surface area (Å²) in [7, 11) is 0. The topological polar surface area (TPSA) is 35.2 Å². The van der Waals surface area contributed by atoms with Crippen LogP contribution in [-0.2, 0) is 0 Å². The van der Waals surface area contributed by atoms with Crippen LogP contribution in [0.25, 0.3) is 0 Å². The van der Waals surface area contributed by atoms with Gasteiger partial charge in [0.15, 0.2) is 0 Å². The van der Waals surface area contributed by atoms with E-state index in [0.717, 1.165) is 5.56 Å². The van der Waals surface area contributed by atoms with Gasteiger partial charge in [-0.05, 0) is 13.0 Å². The maximum atomic E-state index is 12.7. The summed E-state index contributed by atoms with van der Waals surface area (Å²) in [6.45, 7) is 1.88. The lowest BCUT2D eigenvalue weighted by Crippen LogP contribution is -2.21. The van der Waals surface area contributed by atoms with Crippen LogP contribution in [0.4, 0.5) is 4.39 Å². The Morgan fingerprint density at radius 3 is 3.00 bits per heavy atom. The Morgan fingerprint density at radius 2 is 2.25 bits per heavy atom. The van der Waals surface area contributed by atoms with Crippen molar-refractivity contribution in [1.29, 1.82) is 0 Å². The third-order valence-electron chi connectivity index (χ3n) is 2.15. The molecule has 0 amide bonds. The molecule has 0 aromatic heterocycles. The smallest absolute Gasteiger partial charge is 0.127 e. The number of fused-ring (bicyclic) bond motifs is 1. The predicted octanol–water partition coefficient (Wildman–Crippen LogP) is 1.61. The molecular weight excluding hydrogens is 157 g/mol. The summed E-state index contributed by atoms with van der Waals surface area (Å²) in [5, 5.41) is 0. The first-order valence-corrected chi connectivity index (χ1v) is 3.90. The number of hydrogen-bond donors (Lipinski definition) is 1. The largest absolute Gasteiger partial charge is 0.488 e. The molecule has 0 radical (unpaired) electrons. The zero-order valence-electron chi connectivity index (χ0n) is 6.75. The van der Waals surface area contributed by atoms with Crippen molar-refractivity contribution in [3.05, 3.63) is 29.6 Å². The van der Waals surface area contributed by atoms with Gasteiger partial charge >= 0.3 is 0 Å². The number of rotatable bonds is 0. The first kappa shape index (κ1) is 7.55. The van der Waals surface area contributed by atoms with E-state index in [1.807, 2.05) is 6.92 Å². The van der Waals surface area contributed by atoms with Gasteiger partial charge in [-0.2, -0.15) is 0 Å². The first-order chi connectivity index (χ1) is 5.68. The molecule has 1 aliphatic heterocycles. The summed E-state index contributed by atoms with van der Waals surface area (Å²) >= 11 is 0. The molecule has 3 heteroatoms. The number of ether oxygens (including phenoxy) is 1. The van der Waals surface area contributed by atoms with Crippen LogP contribution in [0.3, 0.4) is 0 Å². The number of hydrogen-bond acceptors (Lipinski definition) is 2. The Labute approximate surface area is 70.1 Å². The highest BCUT2D eigenvalue weighted by Gasteiger charge is 2.27. The summed E-state index contributed by atoms with van der Waals surface area (Å²) in [6.07, 6.45) is -0.0539. The summed E-state index contributed by atoms with van der Waals surface area (Å²) in [6, 6.07) is 4.33. The van der Waals surface area contributed by atoms with Crippen LogP contribution in [-0.4, -0.2) is 6.10 Å². The molecule has 0 fully saturated rings. The summed E-state index contributed by atoms with van der Waals surface area (Å²) < 4.78 is 18.0. The molecule has 0 aliphatic carbocycles. The monoisotopic (exact) mass is 167 g/mol. The Balaban J connectivity index is 2.47. The molecule has 0 spiro atoms. The van der Waals surface area contributed by atoms with Gasteiger partial charge in [0.2, 0.25) is 0 Å². The molecular formula is C9H10FNO. The maximum absolute atomic E-state index is 12.7. The minimum atomic E-state index is -0.282. The van der Waals surface area contributed by atoms with E-state index in [0.29, 0.717) is 5.75 Å². The van der Waals surface area contributed by atoms with Gasteiger partial charge in [0.1, 0.15) is 17.7 Å². The summed E-state index contributed by atoms with van der Waals surface area (Å²) in [4.78, 5) is 0.